The van der Waals surface area contributed by atoms with Crippen LogP contribution in [-0.4, -0.2) is 29.3 Å². The van der Waals surface area contributed by atoms with Gasteiger partial charge < -0.3 is 4.74 Å². The molecule has 0 aliphatic heterocycles. The van der Waals surface area contributed by atoms with Gasteiger partial charge >= 0.3 is 0 Å². The van der Waals surface area contributed by atoms with Crippen LogP contribution in [0.25, 0.3) is 0 Å². The van der Waals surface area contributed by atoms with Gasteiger partial charge in [-0.25, -0.2) is 0 Å². The van der Waals surface area contributed by atoms with Gasteiger partial charge in [-0.05, 0) is 22.9 Å². The summed E-state index contributed by atoms with van der Waals surface area (Å²) in [5, 5.41) is 4.07. The molecule has 0 radical (unpaired) electrons. The molecule has 0 spiro atoms. The topological polar surface area (TPSA) is 44.1 Å². The van der Waals surface area contributed by atoms with Gasteiger partial charge in [0.05, 0.1) is 17.3 Å². The lowest BCUT2D eigenvalue weighted by molar-refractivity contribution is 0.0921. The summed E-state index contributed by atoms with van der Waals surface area (Å²) in [5.41, 5.74) is 0.629. The van der Waals surface area contributed by atoms with Crippen LogP contribution in [0.2, 0.25) is 0 Å². The van der Waals surface area contributed by atoms with Gasteiger partial charge in [0.2, 0.25) is 0 Å². The van der Waals surface area contributed by atoms with Crippen LogP contribution in [0, 0.1) is 0 Å². The van der Waals surface area contributed by atoms with Gasteiger partial charge in [0.25, 0.3) is 0 Å². The largest absolute Gasteiger partial charge is 0.384 e. The molecule has 0 bridgehead atoms. The van der Waals surface area contributed by atoms with E-state index in [1.807, 2.05) is 6.92 Å². The predicted octanol–water partition coefficient (Wildman–Crippen LogP) is 1.88. The van der Waals surface area contributed by atoms with Crippen LogP contribution >= 0.6 is 15.9 Å². The average Bonchev–Trinajstić information content (AvgIpc) is 2.56. The molecule has 1 heterocycles. The highest BCUT2D eigenvalue weighted by molar-refractivity contribution is 9.10. The average molecular weight is 261 g/mol. The maximum Gasteiger partial charge on any atom is 0.184 e. The van der Waals surface area contributed by atoms with Gasteiger partial charge in [-0.2, -0.15) is 5.10 Å². The molecule has 4 nitrogen and oxygen atoms in total. The van der Waals surface area contributed by atoms with Crippen LogP contribution in [0.15, 0.2) is 10.7 Å². The molecular formula is C9H13BrN2O2. The normalized spacial score (nSPS) is 10.5. The van der Waals surface area contributed by atoms with E-state index in [1.165, 1.54) is 0 Å². The van der Waals surface area contributed by atoms with Crippen molar-refractivity contribution < 1.29 is 9.53 Å². The zero-order valence-electron chi connectivity index (χ0n) is 8.29. The van der Waals surface area contributed by atoms with Crippen molar-refractivity contribution >= 4 is 21.7 Å². The standard InChI is InChI=1S/C9H13BrN2O2/c1-3-12-9(7(10)6-11-12)8(13)4-5-14-2/h6H,3-5H2,1-2H3. The molecule has 1 rings (SSSR count). The maximum atomic E-state index is 11.7. The van der Waals surface area contributed by atoms with E-state index in [-0.39, 0.29) is 5.78 Å². The zero-order chi connectivity index (χ0) is 10.6. The van der Waals surface area contributed by atoms with E-state index in [1.54, 1.807) is 18.0 Å². The Morgan fingerprint density at radius 3 is 3.00 bits per heavy atom. The highest BCUT2D eigenvalue weighted by atomic mass is 79.9. The number of carbonyl (C=O) groups excluding carboxylic acids is 1. The van der Waals surface area contributed by atoms with Gasteiger partial charge in [0.15, 0.2) is 5.78 Å². The molecule has 0 aliphatic rings. The lowest BCUT2D eigenvalue weighted by Crippen LogP contribution is -2.11. The molecule has 0 atom stereocenters. The fraction of sp³-hybridized carbons (Fsp3) is 0.556. The Bertz CT molecular complexity index is 323. The third kappa shape index (κ3) is 2.42. The SMILES string of the molecule is CCn1ncc(Br)c1C(=O)CCOC. The molecule has 0 saturated carbocycles. The molecule has 0 amide bonds. The van der Waals surface area contributed by atoms with E-state index in [4.69, 9.17) is 4.74 Å². The van der Waals surface area contributed by atoms with Crippen LogP contribution in [0.4, 0.5) is 0 Å². The number of halogens is 1. The molecule has 1 aromatic rings. The summed E-state index contributed by atoms with van der Waals surface area (Å²) >= 11 is 3.31. The molecule has 0 unspecified atom stereocenters. The number of rotatable bonds is 5. The van der Waals surface area contributed by atoms with E-state index in [9.17, 15) is 4.79 Å². The first-order chi connectivity index (χ1) is 6.70. The van der Waals surface area contributed by atoms with Crippen molar-refractivity contribution in [3.8, 4) is 0 Å². The summed E-state index contributed by atoms with van der Waals surface area (Å²) < 4.78 is 7.29. The predicted molar refractivity (Wildman–Crippen MR) is 56.4 cm³/mol. The zero-order valence-corrected chi connectivity index (χ0v) is 9.87. The molecule has 0 saturated heterocycles. The number of hydrogen-bond acceptors (Lipinski definition) is 3. The number of Topliss-reactive ketones (excluding diaryl/α,β-unsaturated/α-hetero) is 1. The third-order valence-electron chi connectivity index (χ3n) is 1.89. The second kappa shape index (κ2) is 5.26. The Kier molecular flexibility index (Phi) is 4.28. The summed E-state index contributed by atoms with van der Waals surface area (Å²) in [7, 11) is 1.58. The summed E-state index contributed by atoms with van der Waals surface area (Å²) in [6.07, 6.45) is 2.03. The van der Waals surface area contributed by atoms with Crippen molar-refractivity contribution in [3.05, 3.63) is 16.4 Å². The van der Waals surface area contributed by atoms with Crippen LogP contribution in [-0.2, 0) is 11.3 Å². The first kappa shape index (κ1) is 11.4. The number of methoxy groups -OCH3 is 1. The number of ketones is 1. The first-order valence-corrected chi connectivity index (χ1v) is 5.23. The fourth-order valence-corrected chi connectivity index (χ4v) is 1.71. The van der Waals surface area contributed by atoms with Gasteiger partial charge in [0.1, 0.15) is 5.69 Å². The highest BCUT2D eigenvalue weighted by Gasteiger charge is 2.15. The molecule has 0 N–H and O–H groups in total. The maximum absolute atomic E-state index is 11.7. The summed E-state index contributed by atoms with van der Waals surface area (Å²) in [6, 6.07) is 0. The lowest BCUT2D eigenvalue weighted by Gasteiger charge is -2.03. The fourth-order valence-electron chi connectivity index (χ4n) is 1.19. The Hall–Kier alpha value is -0.680. The lowest BCUT2D eigenvalue weighted by atomic mass is 10.2. The summed E-state index contributed by atoms with van der Waals surface area (Å²) in [6.45, 7) is 3.09. The third-order valence-corrected chi connectivity index (χ3v) is 2.47. The minimum absolute atomic E-state index is 0.0538. The van der Waals surface area contributed by atoms with Crippen LogP contribution in [0.1, 0.15) is 23.8 Å². The second-order valence-corrected chi connectivity index (χ2v) is 3.68. The quantitative estimate of drug-likeness (QED) is 0.760. The van der Waals surface area contributed by atoms with Crippen molar-refractivity contribution in [1.82, 2.24) is 9.78 Å². The number of hydrogen-bond donors (Lipinski definition) is 0. The van der Waals surface area contributed by atoms with Crippen molar-refractivity contribution in [2.45, 2.75) is 19.9 Å². The molecule has 14 heavy (non-hydrogen) atoms. The summed E-state index contributed by atoms with van der Waals surface area (Å²) in [5.74, 6) is 0.0538. The monoisotopic (exact) mass is 260 g/mol. The van der Waals surface area contributed by atoms with Crippen LogP contribution < -0.4 is 0 Å². The smallest absolute Gasteiger partial charge is 0.184 e. The molecule has 0 fully saturated rings. The number of aromatic nitrogens is 2. The van der Waals surface area contributed by atoms with Gasteiger partial charge in [0, 0.05) is 20.1 Å². The highest BCUT2D eigenvalue weighted by Crippen LogP contribution is 2.17. The second-order valence-electron chi connectivity index (χ2n) is 2.82. The van der Waals surface area contributed by atoms with Crippen LogP contribution in [0.3, 0.4) is 0 Å². The van der Waals surface area contributed by atoms with Crippen molar-refractivity contribution in [1.29, 1.82) is 0 Å². The van der Waals surface area contributed by atoms with E-state index in [2.05, 4.69) is 21.0 Å². The van der Waals surface area contributed by atoms with E-state index >= 15 is 0 Å². The van der Waals surface area contributed by atoms with Gasteiger partial charge in [-0.3, -0.25) is 9.48 Å². The number of ether oxygens (including phenoxy) is 1. The minimum atomic E-state index is 0.0538. The molecule has 78 valence electrons. The Morgan fingerprint density at radius 1 is 1.71 bits per heavy atom. The number of nitrogens with zero attached hydrogens (tertiary/aromatic N) is 2. The Labute approximate surface area is 91.4 Å². The van der Waals surface area contributed by atoms with Crippen molar-refractivity contribution in [2.24, 2.45) is 0 Å². The van der Waals surface area contributed by atoms with Gasteiger partial charge in [-0.15, -0.1) is 0 Å². The van der Waals surface area contributed by atoms with Crippen molar-refractivity contribution in [3.63, 3.8) is 0 Å². The van der Waals surface area contributed by atoms with E-state index < -0.39 is 0 Å². The Morgan fingerprint density at radius 2 is 2.43 bits per heavy atom. The number of carbonyl (C=O) groups is 1. The minimum Gasteiger partial charge on any atom is -0.384 e. The molecule has 1 aromatic heterocycles. The Balaban J connectivity index is 2.82. The summed E-state index contributed by atoms with van der Waals surface area (Å²) in [4.78, 5) is 11.7. The number of aryl methyl sites for hydroxylation is 1. The van der Waals surface area contributed by atoms with Crippen LogP contribution in [0.5, 0.6) is 0 Å². The molecule has 0 aromatic carbocycles. The van der Waals surface area contributed by atoms with E-state index in [0.29, 0.717) is 25.3 Å². The molecule has 5 heteroatoms. The first-order valence-electron chi connectivity index (χ1n) is 4.44. The molecule has 0 aliphatic carbocycles. The van der Waals surface area contributed by atoms with E-state index in [0.717, 1.165) is 4.47 Å². The molecular weight excluding hydrogens is 248 g/mol. The van der Waals surface area contributed by atoms with Crippen molar-refractivity contribution in [2.75, 3.05) is 13.7 Å². The van der Waals surface area contributed by atoms with Gasteiger partial charge in [-0.1, -0.05) is 0 Å².